The molecule has 0 spiro atoms. The van der Waals surface area contributed by atoms with E-state index in [0.717, 1.165) is 0 Å². The van der Waals surface area contributed by atoms with Gasteiger partial charge in [-0.2, -0.15) is 13.4 Å². The van der Waals surface area contributed by atoms with Gasteiger partial charge in [0, 0.05) is 42.8 Å². The summed E-state index contributed by atoms with van der Waals surface area (Å²) in [7, 11) is -7.41. The molecule has 1 aliphatic heterocycles. The highest BCUT2D eigenvalue weighted by Crippen LogP contribution is 2.18. The third-order valence-corrected chi connectivity index (χ3v) is 7.22. The third-order valence-electron chi connectivity index (χ3n) is 5.11. The Morgan fingerprint density at radius 2 is 1.90 bits per heavy atom. The lowest BCUT2D eigenvalue weighted by atomic mass is 10.1. The summed E-state index contributed by atoms with van der Waals surface area (Å²) in [5.74, 6) is -0.260. The molecule has 0 unspecified atom stereocenters. The second kappa shape index (κ2) is 9.16. The summed E-state index contributed by atoms with van der Waals surface area (Å²) in [4.78, 5) is 21.3. The second-order valence-electron chi connectivity index (χ2n) is 7.48. The summed E-state index contributed by atoms with van der Waals surface area (Å²) < 4.78 is 56.9. The van der Waals surface area contributed by atoms with E-state index in [2.05, 4.69) is 15.3 Å². The van der Waals surface area contributed by atoms with E-state index in [0.29, 0.717) is 31.3 Å². The fourth-order valence-electron chi connectivity index (χ4n) is 3.53. The summed E-state index contributed by atoms with van der Waals surface area (Å²) in [6.45, 7) is 0.243. The highest BCUT2D eigenvalue weighted by molar-refractivity contribution is 7.88. The van der Waals surface area contributed by atoms with E-state index in [1.807, 2.05) is 0 Å². The van der Waals surface area contributed by atoms with Gasteiger partial charge in [0.1, 0.15) is 5.65 Å². The Balaban J connectivity index is 1.85. The standard InChI is InChI=1S/C17H25N5O7S2/c1-30(25,26)21-6-3-14(4-7-21)19-17-18-10-12-9-13(11-23)16(24)22(15(12)20-17)5-2-8-31(27,28)29/h9-10,14,23H,2-8,11H2,1H3,(H,18,19,20)(H,27,28,29). The number of nitrogens with one attached hydrogen (secondary N) is 1. The van der Waals surface area contributed by atoms with Gasteiger partial charge in [-0.05, 0) is 25.3 Å². The largest absolute Gasteiger partial charge is 0.391 e. The number of fused-ring (bicyclic) bond motifs is 1. The molecule has 31 heavy (non-hydrogen) atoms. The smallest absolute Gasteiger partial charge is 0.264 e. The SMILES string of the molecule is CS(=O)(=O)N1CCC(Nc2ncc3cc(CO)c(=O)n(CCCS(=O)(=O)O)c3n2)CC1. The predicted octanol–water partition coefficient (Wildman–Crippen LogP) is -0.602. The molecule has 14 heteroatoms. The highest BCUT2D eigenvalue weighted by Gasteiger charge is 2.25. The molecule has 172 valence electrons. The lowest BCUT2D eigenvalue weighted by Gasteiger charge is -2.30. The summed E-state index contributed by atoms with van der Waals surface area (Å²) in [5.41, 5.74) is -0.114. The van der Waals surface area contributed by atoms with Crippen LogP contribution in [-0.2, 0) is 33.3 Å². The van der Waals surface area contributed by atoms with Gasteiger partial charge in [-0.3, -0.25) is 13.9 Å². The molecule has 3 heterocycles. The molecule has 3 N–H and O–H groups in total. The minimum atomic E-state index is -4.18. The van der Waals surface area contributed by atoms with Crippen molar-refractivity contribution in [3.63, 3.8) is 0 Å². The van der Waals surface area contributed by atoms with Crippen LogP contribution in [0.4, 0.5) is 5.95 Å². The number of aryl methyl sites for hydroxylation is 1. The maximum Gasteiger partial charge on any atom is 0.264 e. The van der Waals surface area contributed by atoms with Crippen LogP contribution in [0.1, 0.15) is 24.8 Å². The minimum absolute atomic E-state index is 0.0144. The number of hydrogen-bond donors (Lipinski definition) is 3. The third kappa shape index (κ3) is 5.98. The number of aliphatic hydroxyl groups excluding tert-OH is 1. The molecular weight excluding hydrogens is 450 g/mol. The first kappa shape index (κ1) is 23.5. The van der Waals surface area contributed by atoms with Crippen LogP contribution in [0.15, 0.2) is 17.1 Å². The monoisotopic (exact) mass is 475 g/mol. The molecule has 0 bridgehead atoms. The summed E-state index contributed by atoms with van der Waals surface area (Å²) in [6, 6.07) is 1.43. The van der Waals surface area contributed by atoms with Gasteiger partial charge < -0.3 is 10.4 Å². The maximum absolute atomic E-state index is 12.6. The summed E-state index contributed by atoms with van der Waals surface area (Å²) in [5, 5.41) is 13.1. The van der Waals surface area contributed by atoms with E-state index in [-0.39, 0.29) is 36.2 Å². The Kier molecular flexibility index (Phi) is 6.95. The van der Waals surface area contributed by atoms with E-state index in [4.69, 9.17) is 4.55 Å². The number of rotatable bonds is 8. The van der Waals surface area contributed by atoms with Gasteiger partial charge in [0.05, 0.1) is 18.6 Å². The van der Waals surface area contributed by atoms with Gasteiger partial charge in [0.15, 0.2) is 0 Å². The van der Waals surface area contributed by atoms with Crippen molar-refractivity contribution >= 4 is 37.1 Å². The molecule has 2 aromatic heterocycles. The van der Waals surface area contributed by atoms with Crippen molar-refractivity contribution in [2.24, 2.45) is 0 Å². The normalized spacial score (nSPS) is 16.6. The van der Waals surface area contributed by atoms with Crippen LogP contribution in [-0.4, -0.2) is 76.5 Å². The minimum Gasteiger partial charge on any atom is -0.391 e. The van der Waals surface area contributed by atoms with Crippen molar-refractivity contribution in [1.82, 2.24) is 18.8 Å². The maximum atomic E-state index is 12.6. The van der Waals surface area contributed by atoms with Gasteiger partial charge in [-0.1, -0.05) is 0 Å². The fraction of sp³-hybridized carbons (Fsp3) is 0.588. The molecule has 2 aromatic rings. The number of hydrogen-bond acceptors (Lipinski definition) is 9. The van der Waals surface area contributed by atoms with Crippen LogP contribution in [0.5, 0.6) is 0 Å². The zero-order chi connectivity index (χ0) is 22.8. The van der Waals surface area contributed by atoms with Crippen molar-refractivity contribution in [2.45, 2.75) is 38.5 Å². The van der Waals surface area contributed by atoms with Gasteiger partial charge in [-0.25, -0.2) is 17.7 Å². The van der Waals surface area contributed by atoms with Gasteiger partial charge in [0.2, 0.25) is 16.0 Å². The van der Waals surface area contributed by atoms with Crippen molar-refractivity contribution in [3.8, 4) is 0 Å². The molecule has 3 rings (SSSR count). The number of sulfonamides is 1. The van der Waals surface area contributed by atoms with E-state index < -0.39 is 38.1 Å². The first-order valence-electron chi connectivity index (χ1n) is 9.65. The van der Waals surface area contributed by atoms with Crippen molar-refractivity contribution in [3.05, 3.63) is 28.2 Å². The molecule has 1 saturated heterocycles. The quantitative estimate of drug-likeness (QED) is 0.418. The Hall–Kier alpha value is -2.13. The Labute approximate surface area is 179 Å². The average molecular weight is 476 g/mol. The highest BCUT2D eigenvalue weighted by atomic mass is 32.2. The first-order chi connectivity index (χ1) is 14.5. The number of piperidine rings is 1. The lowest BCUT2D eigenvalue weighted by Crippen LogP contribution is -2.42. The van der Waals surface area contributed by atoms with Crippen LogP contribution >= 0.6 is 0 Å². The Bertz CT molecular complexity index is 1220. The molecule has 0 aromatic carbocycles. The fourth-order valence-corrected chi connectivity index (χ4v) is 4.90. The van der Waals surface area contributed by atoms with Crippen molar-refractivity contribution in [2.75, 3.05) is 30.4 Å². The van der Waals surface area contributed by atoms with Crippen molar-refractivity contribution in [1.29, 1.82) is 0 Å². The Morgan fingerprint density at radius 3 is 2.48 bits per heavy atom. The summed E-state index contributed by atoms with van der Waals surface area (Å²) >= 11 is 0. The zero-order valence-electron chi connectivity index (χ0n) is 16.9. The average Bonchev–Trinajstić information content (AvgIpc) is 2.68. The molecule has 1 aliphatic rings. The Morgan fingerprint density at radius 1 is 1.23 bits per heavy atom. The molecule has 0 radical (unpaired) electrons. The van der Waals surface area contributed by atoms with Crippen LogP contribution in [0.2, 0.25) is 0 Å². The van der Waals surface area contributed by atoms with E-state index >= 15 is 0 Å². The van der Waals surface area contributed by atoms with Crippen LogP contribution in [0, 0.1) is 0 Å². The van der Waals surface area contributed by atoms with E-state index in [9.17, 15) is 26.7 Å². The van der Waals surface area contributed by atoms with E-state index in [1.54, 1.807) is 0 Å². The molecule has 0 amide bonds. The van der Waals surface area contributed by atoms with Crippen LogP contribution in [0.3, 0.4) is 0 Å². The van der Waals surface area contributed by atoms with Gasteiger partial charge in [0.25, 0.3) is 15.7 Å². The number of pyridine rings is 1. The lowest BCUT2D eigenvalue weighted by molar-refractivity contribution is 0.279. The topological polar surface area (TPSA) is 172 Å². The van der Waals surface area contributed by atoms with Crippen LogP contribution in [0.25, 0.3) is 11.0 Å². The predicted molar refractivity (Wildman–Crippen MR) is 114 cm³/mol. The van der Waals surface area contributed by atoms with Crippen LogP contribution < -0.4 is 10.9 Å². The van der Waals surface area contributed by atoms with Gasteiger partial charge in [-0.15, -0.1) is 0 Å². The molecule has 0 atom stereocenters. The number of anilines is 1. The summed E-state index contributed by atoms with van der Waals surface area (Å²) in [6.07, 6.45) is 3.79. The molecule has 0 aliphatic carbocycles. The van der Waals surface area contributed by atoms with Crippen molar-refractivity contribution < 1.29 is 26.5 Å². The van der Waals surface area contributed by atoms with Gasteiger partial charge >= 0.3 is 0 Å². The first-order valence-corrected chi connectivity index (χ1v) is 13.1. The molecule has 12 nitrogen and oxygen atoms in total. The number of nitrogens with zero attached hydrogens (tertiary/aromatic N) is 4. The molecule has 1 fully saturated rings. The number of aromatic nitrogens is 3. The second-order valence-corrected chi connectivity index (χ2v) is 11.0. The zero-order valence-corrected chi connectivity index (χ0v) is 18.6. The van der Waals surface area contributed by atoms with E-state index in [1.165, 1.54) is 27.4 Å². The molecule has 0 saturated carbocycles. The molecular formula is C17H25N5O7S2. The number of aliphatic hydroxyl groups is 1.